The van der Waals surface area contributed by atoms with Crippen LogP contribution in [0, 0.1) is 18.6 Å². The van der Waals surface area contributed by atoms with Crippen molar-refractivity contribution in [1.82, 2.24) is 9.78 Å². The summed E-state index contributed by atoms with van der Waals surface area (Å²) in [5.74, 6) is -2.54. The molecule has 1 fully saturated rings. The molecule has 0 bridgehead atoms. The average Bonchev–Trinajstić information content (AvgIpc) is 3.05. The molecule has 1 aliphatic heterocycles. The van der Waals surface area contributed by atoms with Crippen LogP contribution >= 0.6 is 0 Å². The second kappa shape index (κ2) is 6.97. The van der Waals surface area contributed by atoms with Gasteiger partial charge in [-0.25, -0.2) is 8.78 Å². The maximum Gasteiger partial charge on any atom is 0.497 e. The van der Waals surface area contributed by atoms with Crippen molar-refractivity contribution in [2.75, 3.05) is 7.11 Å². The van der Waals surface area contributed by atoms with Crippen LogP contribution in [0.5, 0.6) is 0 Å². The zero-order valence-electron chi connectivity index (χ0n) is 16.8. The van der Waals surface area contributed by atoms with Gasteiger partial charge in [0.15, 0.2) is 11.6 Å². The number of aromatic nitrogens is 2. The maximum atomic E-state index is 14.9. The first kappa shape index (κ1) is 20.5. The van der Waals surface area contributed by atoms with Gasteiger partial charge in [0.05, 0.1) is 24.0 Å². The SMILES string of the molecule is COC(=O)Cn1cc(-c2ccc(B3OC(C)(C)C(C)(C)O3)c(F)c2F)c(C)n1. The van der Waals surface area contributed by atoms with E-state index in [2.05, 4.69) is 9.84 Å². The number of aryl methyl sites for hydroxylation is 1. The lowest BCUT2D eigenvalue weighted by Gasteiger charge is -2.32. The zero-order chi connectivity index (χ0) is 20.9. The number of nitrogens with zero attached hydrogens (tertiary/aromatic N) is 2. The highest BCUT2D eigenvalue weighted by Crippen LogP contribution is 2.37. The van der Waals surface area contributed by atoms with Crippen molar-refractivity contribution in [3.8, 4) is 11.1 Å². The Morgan fingerprint density at radius 1 is 1.14 bits per heavy atom. The van der Waals surface area contributed by atoms with E-state index in [0.717, 1.165) is 0 Å². The number of methoxy groups -OCH3 is 1. The van der Waals surface area contributed by atoms with E-state index < -0.39 is 35.9 Å². The second-order valence-corrected chi connectivity index (χ2v) is 7.82. The topological polar surface area (TPSA) is 62.6 Å². The highest BCUT2D eigenvalue weighted by molar-refractivity contribution is 6.62. The Morgan fingerprint density at radius 2 is 1.75 bits per heavy atom. The number of halogens is 2. The number of ether oxygens (including phenoxy) is 1. The molecule has 28 heavy (non-hydrogen) atoms. The molecule has 3 rings (SSSR count). The van der Waals surface area contributed by atoms with E-state index in [9.17, 15) is 13.6 Å². The summed E-state index contributed by atoms with van der Waals surface area (Å²) < 4.78 is 47.3. The molecule has 0 unspecified atom stereocenters. The van der Waals surface area contributed by atoms with Crippen LogP contribution in [0.3, 0.4) is 0 Å². The highest BCUT2D eigenvalue weighted by atomic mass is 19.2. The van der Waals surface area contributed by atoms with Crippen LogP contribution in [0.4, 0.5) is 8.78 Å². The zero-order valence-corrected chi connectivity index (χ0v) is 16.8. The normalized spacial score (nSPS) is 17.8. The van der Waals surface area contributed by atoms with Crippen LogP contribution in [0.25, 0.3) is 11.1 Å². The lowest BCUT2D eigenvalue weighted by Crippen LogP contribution is -2.41. The van der Waals surface area contributed by atoms with E-state index in [1.54, 1.807) is 6.92 Å². The Morgan fingerprint density at radius 3 is 2.32 bits per heavy atom. The van der Waals surface area contributed by atoms with E-state index in [-0.39, 0.29) is 17.6 Å². The lowest BCUT2D eigenvalue weighted by atomic mass is 9.78. The molecular formula is C19H23BF2N2O4. The summed E-state index contributed by atoms with van der Waals surface area (Å²) in [6, 6.07) is 2.91. The molecule has 0 spiro atoms. The van der Waals surface area contributed by atoms with E-state index in [1.165, 1.54) is 30.1 Å². The first-order chi connectivity index (χ1) is 13.0. The number of carbonyl (C=O) groups excluding carboxylic acids is 1. The largest absolute Gasteiger partial charge is 0.497 e. The van der Waals surface area contributed by atoms with Crippen LogP contribution < -0.4 is 5.46 Å². The molecule has 0 atom stereocenters. The predicted octanol–water partition coefficient (Wildman–Crippen LogP) is 2.61. The van der Waals surface area contributed by atoms with Gasteiger partial charge in [-0.2, -0.15) is 5.10 Å². The van der Waals surface area contributed by atoms with Gasteiger partial charge in [-0.15, -0.1) is 0 Å². The Bertz CT molecular complexity index is 911. The van der Waals surface area contributed by atoms with Gasteiger partial charge in [-0.05, 0) is 34.6 Å². The fourth-order valence-electron chi connectivity index (χ4n) is 2.98. The monoisotopic (exact) mass is 392 g/mol. The summed E-state index contributed by atoms with van der Waals surface area (Å²) in [7, 11) is 0.264. The van der Waals surface area contributed by atoms with E-state index in [4.69, 9.17) is 9.31 Å². The van der Waals surface area contributed by atoms with Crippen LogP contribution in [0.1, 0.15) is 33.4 Å². The van der Waals surface area contributed by atoms with Gasteiger partial charge >= 0.3 is 13.1 Å². The molecule has 6 nitrogen and oxygen atoms in total. The molecule has 0 N–H and O–H groups in total. The van der Waals surface area contributed by atoms with Crippen molar-refractivity contribution in [3.05, 3.63) is 35.7 Å². The van der Waals surface area contributed by atoms with Crippen molar-refractivity contribution >= 4 is 18.6 Å². The average molecular weight is 392 g/mol. The summed E-state index contributed by atoms with van der Waals surface area (Å²) in [5.41, 5.74) is -0.423. The minimum absolute atomic E-state index is 0.000458. The number of hydrogen-bond acceptors (Lipinski definition) is 5. The van der Waals surface area contributed by atoms with Crippen LogP contribution in [0.15, 0.2) is 18.3 Å². The van der Waals surface area contributed by atoms with Gasteiger partial charge in [0.2, 0.25) is 0 Å². The van der Waals surface area contributed by atoms with Crippen molar-refractivity contribution in [3.63, 3.8) is 0 Å². The summed E-state index contributed by atoms with van der Waals surface area (Å²) >= 11 is 0. The minimum atomic E-state index is -1.03. The molecule has 2 aromatic rings. The standard InChI is InChI=1S/C19H23BF2N2O4/c1-11-13(9-24(23-11)10-15(25)26-6)12-7-8-14(17(22)16(12)21)20-27-18(2,3)19(4,5)28-20/h7-9H,10H2,1-6H3. The summed E-state index contributed by atoms with van der Waals surface area (Å²) in [4.78, 5) is 11.4. The Balaban J connectivity index is 1.95. The Hall–Kier alpha value is -2.26. The fraction of sp³-hybridized carbons (Fsp3) is 0.474. The van der Waals surface area contributed by atoms with Crippen molar-refractivity contribution < 1.29 is 27.6 Å². The molecule has 0 radical (unpaired) electrons. The molecule has 1 aromatic heterocycles. The molecular weight excluding hydrogens is 369 g/mol. The number of carbonyl (C=O) groups is 1. The van der Waals surface area contributed by atoms with Gasteiger partial charge in [-0.1, -0.05) is 12.1 Å². The third-order valence-electron chi connectivity index (χ3n) is 5.37. The third kappa shape index (κ3) is 3.44. The molecule has 1 aliphatic rings. The van der Waals surface area contributed by atoms with Crippen LogP contribution in [-0.4, -0.2) is 41.2 Å². The fourth-order valence-corrected chi connectivity index (χ4v) is 2.98. The highest BCUT2D eigenvalue weighted by Gasteiger charge is 2.52. The number of esters is 1. The number of rotatable bonds is 4. The van der Waals surface area contributed by atoms with Gasteiger partial charge in [0, 0.05) is 22.8 Å². The minimum Gasteiger partial charge on any atom is -0.468 e. The van der Waals surface area contributed by atoms with E-state index in [0.29, 0.717) is 11.3 Å². The first-order valence-electron chi connectivity index (χ1n) is 8.91. The van der Waals surface area contributed by atoms with Gasteiger partial charge in [0.1, 0.15) is 6.54 Å². The van der Waals surface area contributed by atoms with E-state index in [1.807, 2.05) is 27.7 Å². The molecule has 0 aliphatic carbocycles. The second-order valence-electron chi connectivity index (χ2n) is 7.82. The molecule has 1 aromatic carbocycles. The predicted molar refractivity (Wildman–Crippen MR) is 100 cm³/mol. The van der Waals surface area contributed by atoms with Crippen molar-refractivity contribution in [1.29, 1.82) is 0 Å². The Kier molecular flexibility index (Phi) is 5.10. The van der Waals surface area contributed by atoms with Gasteiger partial charge in [0.25, 0.3) is 0 Å². The third-order valence-corrected chi connectivity index (χ3v) is 5.37. The molecule has 9 heteroatoms. The van der Waals surface area contributed by atoms with Crippen LogP contribution in [-0.2, 0) is 25.4 Å². The molecule has 0 amide bonds. The van der Waals surface area contributed by atoms with Crippen molar-refractivity contribution in [2.24, 2.45) is 0 Å². The molecule has 0 saturated carbocycles. The molecule has 150 valence electrons. The quantitative estimate of drug-likeness (QED) is 0.592. The summed E-state index contributed by atoms with van der Waals surface area (Å²) in [6.45, 7) is 8.91. The maximum absolute atomic E-state index is 14.9. The van der Waals surface area contributed by atoms with Gasteiger partial charge < -0.3 is 14.0 Å². The first-order valence-corrected chi connectivity index (χ1v) is 8.91. The lowest BCUT2D eigenvalue weighted by molar-refractivity contribution is -0.141. The summed E-state index contributed by atoms with van der Waals surface area (Å²) in [6.07, 6.45) is 1.48. The smallest absolute Gasteiger partial charge is 0.468 e. The molecule has 1 saturated heterocycles. The van der Waals surface area contributed by atoms with Crippen LogP contribution in [0.2, 0.25) is 0 Å². The molecule has 2 heterocycles. The van der Waals surface area contributed by atoms with Gasteiger partial charge in [-0.3, -0.25) is 9.48 Å². The Labute approximate surface area is 162 Å². The number of hydrogen-bond donors (Lipinski definition) is 0. The number of benzene rings is 1. The van der Waals surface area contributed by atoms with E-state index >= 15 is 0 Å². The summed E-state index contributed by atoms with van der Waals surface area (Å²) in [5, 5.41) is 4.16. The van der Waals surface area contributed by atoms with Crippen molar-refractivity contribution in [2.45, 2.75) is 52.4 Å².